The first-order chi connectivity index (χ1) is 9.58. The van der Waals surface area contributed by atoms with Crippen molar-refractivity contribution in [3.63, 3.8) is 0 Å². The highest BCUT2D eigenvalue weighted by molar-refractivity contribution is 14.0. The molecule has 0 amide bonds. The van der Waals surface area contributed by atoms with E-state index in [-0.39, 0.29) is 24.0 Å². The van der Waals surface area contributed by atoms with Gasteiger partial charge in [0, 0.05) is 30.2 Å². The first-order valence-corrected chi connectivity index (χ1v) is 7.32. The minimum absolute atomic E-state index is 0. The molecular weight excluding hydrogens is 399 g/mol. The van der Waals surface area contributed by atoms with Gasteiger partial charge in [-0.25, -0.2) is 4.98 Å². The fourth-order valence-electron chi connectivity index (χ4n) is 1.90. The second-order valence-electron chi connectivity index (χ2n) is 4.58. The maximum absolute atomic E-state index is 5.50. The Bertz CT molecular complexity index is 606. The van der Waals surface area contributed by atoms with Crippen LogP contribution >= 0.6 is 35.3 Å². The second kappa shape index (κ2) is 8.38. The van der Waals surface area contributed by atoms with Crippen LogP contribution in [-0.4, -0.2) is 18.0 Å². The standard InChI is InChI=1S/C14H20N4OS.HI/c1-9-5-12(11(3)19-9)7-17-14(15-4)18-8-13-16-6-10(2)20-13;/h5-6H,7-8H2,1-4H3,(H2,15,17,18);1H. The third-order valence-corrected chi connectivity index (χ3v) is 3.80. The van der Waals surface area contributed by atoms with Gasteiger partial charge in [-0.3, -0.25) is 4.99 Å². The Balaban J connectivity index is 0.00000220. The van der Waals surface area contributed by atoms with Gasteiger partial charge in [-0.15, -0.1) is 35.3 Å². The molecule has 2 aromatic rings. The molecule has 7 heteroatoms. The SMILES string of the molecule is CN=C(NCc1ncc(C)s1)NCc1cc(C)oc1C.I. The molecule has 116 valence electrons. The van der Waals surface area contributed by atoms with Crippen molar-refractivity contribution in [2.75, 3.05) is 7.05 Å². The summed E-state index contributed by atoms with van der Waals surface area (Å²) < 4.78 is 5.50. The van der Waals surface area contributed by atoms with Crippen LogP contribution < -0.4 is 10.6 Å². The largest absolute Gasteiger partial charge is 0.466 e. The summed E-state index contributed by atoms with van der Waals surface area (Å²) in [5.41, 5.74) is 1.15. The molecule has 0 aliphatic rings. The first kappa shape index (κ1) is 18.0. The van der Waals surface area contributed by atoms with Gasteiger partial charge in [0.05, 0.1) is 6.54 Å². The molecular formula is C14H21IN4OS. The number of furan rings is 1. The number of hydrogen-bond acceptors (Lipinski definition) is 4. The van der Waals surface area contributed by atoms with Gasteiger partial charge in [0.1, 0.15) is 16.5 Å². The molecule has 0 radical (unpaired) electrons. The zero-order chi connectivity index (χ0) is 14.5. The van der Waals surface area contributed by atoms with E-state index in [1.165, 1.54) is 4.88 Å². The monoisotopic (exact) mass is 420 g/mol. The number of aromatic nitrogens is 1. The van der Waals surface area contributed by atoms with Crippen molar-refractivity contribution in [1.82, 2.24) is 15.6 Å². The van der Waals surface area contributed by atoms with Crippen molar-refractivity contribution in [1.29, 1.82) is 0 Å². The molecule has 2 rings (SSSR count). The van der Waals surface area contributed by atoms with Crippen molar-refractivity contribution in [3.8, 4) is 0 Å². The minimum Gasteiger partial charge on any atom is -0.466 e. The van der Waals surface area contributed by atoms with E-state index in [2.05, 4.69) is 27.5 Å². The Labute approximate surface area is 146 Å². The molecule has 0 saturated carbocycles. The Morgan fingerprint density at radius 1 is 1.29 bits per heavy atom. The van der Waals surface area contributed by atoms with Crippen LogP contribution in [0.5, 0.6) is 0 Å². The molecule has 2 N–H and O–H groups in total. The van der Waals surface area contributed by atoms with Gasteiger partial charge in [0.15, 0.2) is 5.96 Å². The van der Waals surface area contributed by atoms with E-state index in [4.69, 9.17) is 4.42 Å². The molecule has 2 aromatic heterocycles. The average Bonchev–Trinajstić information content (AvgIpc) is 2.96. The Morgan fingerprint density at radius 3 is 2.52 bits per heavy atom. The van der Waals surface area contributed by atoms with Crippen LogP contribution in [0.15, 0.2) is 21.7 Å². The average molecular weight is 420 g/mol. The van der Waals surface area contributed by atoms with Crippen molar-refractivity contribution in [2.45, 2.75) is 33.9 Å². The fourth-order valence-corrected chi connectivity index (χ4v) is 2.63. The highest BCUT2D eigenvalue weighted by Crippen LogP contribution is 2.13. The summed E-state index contributed by atoms with van der Waals surface area (Å²) in [4.78, 5) is 9.74. The molecule has 0 aliphatic carbocycles. The first-order valence-electron chi connectivity index (χ1n) is 6.50. The normalized spacial score (nSPS) is 11.1. The Morgan fingerprint density at radius 2 is 2.00 bits per heavy atom. The summed E-state index contributed by atoms with van der Waals surface area (Å²) in [6.45, 7) is 7.35. The number of aryl methyl sites for hydroxylation is 3. The van der Waals surface area contributed by atoms with E-state index in [1.54, 1.807) is 18.4 Å². The summed E-state index contributed by atoms with van der Waals surface area (Å²) >= 11 is 1.69. The van der Waals surface area contributed by atoms with Crippen molar-refractivity contribution in [2.24, 2.45) is 4.99 Å². The summed E-state index contributed by atoms with van der Waals surface area (Å²) in [5.74, 6) is 2.64. The van der Waals surface area contributed by atoms with Crippen LogP contribution in [-0.2, 0) is 13.1 Å². The van der Waals surface area contributed by atoms with Crippen LogP contribution in [0.25, 0.3) is 0 Å². The van der Waals surface area contributed by atoms with E-state index < -0.39 is 0 Å². The second-order valence-corrected chi connectivity index (χ2v) is 5.90. The van der Waals surface area contributed by atoms with Gasteiger partial charge in [0.25, 0.3) is 0 Å². The van der Waals surface area contributed by atoms with E-state index in [0.29, 0.717) is 13.1 Å². The van der Waals surface area contributed by atoms with Crippen LogP contribution in [0, 0.1) is 20.8 Å². The lowest BCUT2D eigenvalue weighted by atomic mass is 10.2. The number of guanidine groups is 1. The minimum atomic E-state index is 0. The molecule has 0 aromatic carbocycles. The van der Waals surface area contributed by atoms with Gasteiger partial charge in [-0.2, -0.15) is 0 Å². The number of nitrogens with one attached hydrogen (secondary N) is 2. The van der Waals surface area contributed by atoms with Crippen molar-refractivity contribution < 1.29 is 4.42 Å². The third-order valence-electron chi connectivity index (χ3n) is 2.89. The van der Waals surface area contributed by atoms with Crippen LogP contribution in [0.1, 0.15) is 27.0 Å². The molecule has 5 nitrogen and oxygen atoms in total. The topological polar surface area (TPSA) is 62.5 Å². The van der Waals surface area contributed by atoms with Crippen LogP contribution in [0.3, 0.4) is 0 Å². The van der Waals surface area contributed by atoms with Gasteiger partial charge < -0.3 is 15.1 Å². The fraction of sp³-hybridized carbons (Fsp3) is 0.429. The molecule has 0 fully saturated rings. The zero-order valence-corrected chi connectivity index (χ0v) is 15.8. The molecule has 21 heavy (non-hydrogen) atoms. The maximum atomic E-state index is 5.50. The number of thiazole rings is 1. The predicted octanol–water partition coefficient (Wildman–Crippen LogP) is 3.14. The van der Waals surface area contributed by atoms with Gasteiger partial charge in [-0.05, 0) is 26.8 Å². The molecule has 0 aliphatic heterocycles. The molecule has 0 unspecified atom stereocenters. The van der Waals surface area contributed by atoms with E-state index in [1.807, 2.05) is 26.1 Å². The Hall–Kier alpha value is -1.09. The zero-order valence-electron chi connectivity index (χ0n) is 12.7. The van der Waals surface area contributed by atoms with E-state index in [9.17, 15) is 0 Å². The summed E-state index contributed by atoms with van der Waals surface area (Å²) in [6, 6.07) is 2.04. The van der Waals surface area contributed by atoms with E-state index >= 15 is 0 Å². The van der Waals surface area contributed by atoms with Gasteiger partial charge in [-0.1, -0.05) is 0 Å². The Kier molecular flexibility index (Phi) is 7.16. The highest BCUT2D eigenvalue weighted by Gasteiger charge is 2.06. The molecule has 2 heterocycles. The quantitative estimate of drug-likeness (QED) is 0.453. The maximum Gasteiger partial charge on any atom is 0.191 e. The predicted molar refractivity (Wildman–Crippen MR) is 97.5 cm³/mol. The van der Waals surface area contributed by atoms with Gasteiger partial charge in [0.2, 0.25) is 0 Å². The van der Waals surface area contributed by atoms with Crippen molar-refractivity contribution >= 4 is 41.3 Å². The van der Waals surface area contributed by atoms with Crippen LogP contribution in [0.2, 0.25) is 0 Å². The lowest BCUT2D eigenvalue weighted by Gasteiger charge is -2.10. The van der Waals surface area contributed by atoms with E-state index in [0.717, 1.165) is 28.1 Å². The lowest BCUT2D eigenvalue weighted by Crippen LogP contribution is -2.36. The smallest absolute Gasteiger partial charge is 0.191 e. The van der Waals surface area contributed by atoms with Gasteiger partial charge >= 0.3 is 0 Å². The summed E-state index contributed by atoms with van der Waals surface area (Å²) in [7, 11) is 1.76. The number of nitrogens with zero attached hydrogens (tertiary/aromatic N) is 2. The highest BCUT2D eigenvalue weighted by atomic mass is 127. The number of hydrogen-bond donors (Lipinski definition) is 2. The molecule has 0 atom stereocenters. The van der Waals surface area contributed by atoms with Crippen molar-refractivity contribution in [3.05, 3.63) is 39.2 Å². The number of rotatable bonds is 4. The number of halogens is 1. The molecule has 0 spiro atoms. The summed E-state index contributed by atoms with van der Waals surface area (Å²) in [6.07, 6.45) is 1.88. The lowest BCUT2D eigenvalue weighted by molar-refractivity contribution is 0.500. The summed E-state index contributed by atoms with van der Waals surface area (Å²) in [5, 5.41) is 7.58. The van der Waals surface area contributed by atoms with Crippen LogP contribution in [0.4, 0.5) is 0 Å². The number of aliphatic imine (C=N–C) groups is 1. The molecule has 0 bridgehead atoms. The third kappa shape index (κ3) is 5.31. The molecule has 0 saturated heterocycles.